The first-order valence-electron chi connectivity index (χ1n) is 9.64. The fraction of sp³-hybridized carbons (Fsp3) is 0.667. The van der Waals surface area contributed by atoms with Gasteiger partial charge in [-0.3, -0.25) is 14.6 Å². The number of urea groups is 1. The van der Waals surface area contributed by atoms with Crippen LogP contribution in [0.5, 0.6) is 0 Å². The fourth-order valence-corrected chi connectivity index (χ4v) is 4.31. The first-order chi connectivity index (χ1) is 13.1. The van der Waals surface area contributed by atoms with Gasteiger partial charge in [-0.2, -0.15) is 0 Å². The summed E-state index contributed by atoms with van der Waals surface area (Å²) in [4.78, 5) is 38.9. The Morgan fingerprint density at radius 3 is 2.41 bits per heavy atom. The maximum atomic E-state index is 12.7. The number of nitrogens with zero attached hydrogens (tertiary/aromatic N) is 5. The number of anilines is 1. The predicted octanol–water partition coefficient (Wildman–Crippen LogP) is -0.176. The van der Waals surface area contributed by atoms with E-state index in [1.165, 1.54) is 4.90 Å². The molecule has 1 aromatic rings. The topological polar surface area (TPSA) is 102 Å². The zero-order chi connectivity index (χ0) is 18.9. The second kappa shape index (κ2) is 7.40. The van der Waals surface area contributed by atoms with Gasteiger partial charge in [0, 0.05) is 45.1 Å². The van der Waals surface area contributed by atoms with Crippen LogP contribution < -0.4 is 10.2 Å². The summed E-state index contributed by atoms with van der Waals surface area (Å²) in [6.45, 7) is 3.60. The third-order valence-electron chi connectivity index (χ3n) is 5.77. The lowest BCUT2D eigenvalue weighted by Gasteiger charge is -2.35. The summed E-state index contributed by atoms with van der Waals surface area (Å²) in [6, 6.07) is 1.42. The zero-order valence-electron chi connectivity index (χ0n) is 15.4. The molecule has 9 heteroatoms. The molecular formula is C18H26N6O3. The second-order valence-electron chi connectivity index (χ2n) is 7.63. The highest BCUT2D eigenvalue weighted by Crippen LogP contribution is 2.35. The van der Waals surface area contributed by atoms with E-state index in [0.717, 1.165) is 45.0 Å². The highest BCUT2D eigenvalue weighted by molar-refractivity contribution is 6.07. The molecule has 1 aliphatic carbocycles. The third-order valence-corrected chi connectivity index (χ3v) is 5.77. The Balaban J connectivity index is 1.27. The summed E-state index contributed by atoms with van der Waals surface area (Å²) in [5, 5.41) is 13.3. The van der Waals surface area contributed by atoms with Gasteiger partial charge in [-0.05, 0) is 18.9 Å². The molecule has 1 aromatic heterocycles. The third kappa shape index (κ3) is 3.61. The number of β-amino-alcohol motifs (C(OH)–C–C–N with tert-alkyl or cyclic N) is 1. The van der Waals surface area contributed by atoms with Gasteiger partial charge in [0.05, 0.1) is 12.6 Å². The average molecular weight is 374 g/mol. The summed E-state index contributed by atoms with van der Waals surface area (Å²) in [7, 11) is 0. The summed E-state index contributed by atoms with van der Waals surface area (Å²) in [6.07, 6.45) is 6.02. The summed E-state index contributed by atoms with van der Waals surface area (Å²) < 4.78 is 0. The lowest BCUT2D eigenvalue weighted by atomic mass is 9.98. The fourth-order valence-electron chi connectivity index (χ4n) is 4.31. The molecule has 0 unspecified atom stereocenters. The van der Waals surface area contributed by atoms with E-state index in [4.69, 9.17) is 0 Å². The van der Waals surface area contributed by atoms with Crippen LogP contribution in [0.3, 0.4) is 0 Å². The number of aromatic nitrogens is 2. The van der Waals surface area contributed by atoms with E-state index in [-0.39, 0.29) is 18.5 Å². The Bertz CT molecular complexity index is 686. The number of aliphatic hydroxyl groups is 1. The molecule has 1 spiro atoms. The molecule has 3 fully saturated rings. The van der Waals surface area contributed by atoms with Crippen LogP contribution >= 0.6 is 0 Å². The number of hydrogen-bond acceptors (Lipinski definition) is 7. The average Bonchev–Trinajstić information content (AvgIpc) is 3.24. The minimum atomic E-state index is -0.754. The normalized spacial score (nSPS) is 23.9. The molecule has 3 heterocycles. The van der Waals surface area contributed by atoms with Crippen LogP contribution in [0.15, 0.2) is 18.5 Å². The van der Waals surface area contributed by atoms with Crippen molar-refractivity contribution in [2.24, 2.45) is 0 Å². The molecule has 4 rings (SSSR count). The predicted molar refractivity (Wildman–Crippen MR) is 98.1 cm³/mol. The highest BCUT2D eigenvalue weighted by Gasteiger charge is 2.52. The molecular weight excluding hydrogens is 348 g/mol. The highest BCUT2D eigenvalue weighted by atomic mass is 16.3. The number of amides is 3. The van der Waals surface area contributed by atoms with Crippen molar-refractivity contribution in [2.75, 3.05) is 44.2 Å². The first-order valence-corrected chi connectivity index (χ1v) is 9.64. The number of hydrogen-bond donors (Lipinski definition) is 2. The lowest BCUT2D eigenvalue weighted by molar-refractivity contribution is -0.132. The molecule has 0 aromatic carbocycles. The van der Waals surface area contributed by atoms with Gasteiger partial charge >= 0.3 is 6.03 Å². The number of carbonyl (C=O) groups is 2. The zero-order valence-corrected chi connectivity index (χ0v) is 15.4. The van der Waals surface area contributed by atoms with Gasteiger partial charge in [0.1, 0.15) is 5.54 Å². The summed E-state index contributed by atoms with van der Waals surface area (Å²) in [5.41, 5.74) is -0.710. The number of imide groups is 1. The number of piperazine rings is 1. The second-order valence-corrected chi connectivity index (χ2v) is 7.63. The van der Waals surface area contributed by atoms with Crippen molar-refractivity contribution < 1.29 is 14.7 Å². The van der Waals surface area contributed by atoms with Crippen LogP contribution in [0.1, 0.15) is 25.7 Å². The smallest absolute Gasteiger partial charge is 0.325 e. The largest absolute Gasteiger partial charge is 0.390 e. The minimum absolute atomic E-state index is 0.0500. The lowest BCUT2D eigenvalue weighted by Crippen LogP contribution is -2.51. The van der Waals surface area contributed by atoms with E-state index in [2.05, 4.69) is 25.1 Å². The minimum Gasteiger partial charge on any atom is -0.390 e. The van der Waals surface area contributed by atoms with E-state index in [9.17, 15) is 14.7 Å². The summed E-state index contributed by atoms with van der Waals surface area (Å²) in [5.74, 6) is 0.550. The van der Waals surface area contributed by atoms with Crippen molar-refractivity contribution in [1.29, 1.82) is 0 Å². The van der Waals surface area contributed by atoms with E-state index in [0.29, 0.717) is 19.4 Å². The Hall–Kier alpha value is -2.26. The van der Waals surface area contributed by atoms with Crippen LogP contribution in [0, 0.1) is 0 Å². The van der Waals surface area contributed by atoms with E-state index < -0.39 is 11.6 Å². The van der Waals surface area contributed by atoms with Gasteiger partial charge in [0.15, 0.2) is 0 Å². The van der Waals surface area contributed by atoms with Crippen molar-refractivity contribution in [3.63, 3.8) is 0 Å². The molecule has 2 N–H and O–H groups in total. The Kier molecular flexibility index (Phi) is 4.96. The maximum Gasteiger partial charge on any atom is 0.325 e. The van der Waals surface area contributed by atoms with Gasteiger partial charge in [0.25, 0.3) is 5.91 Å². The Labute approximate surface area is 158 Å². The van der Waals surface area contributed by atoms with Gasteiger partial charge in [0.2, 0.25) is 5.95 Å². The van der Waals surface area contributed by atoms with Gasteiger partial charge in [-0.25, -0.2) is 14.8 Å². The van der Waals surface area contributed by atoms with Crippen LogP contribution in [-0.4, -0.2) is 87.7 Å². The van der Waals surface area contributed by atoms with Crippen molar-refractivity contribution >= 4 is 17.9 Å². The Morgan fingerprint density at radius 1 is 1.07 bits per heavy atom. The summed E-state index contributed by atoms with van der Waals surface area (Å²) >= 11 is 0. The molecule has 146 valence electrons. The monoisotopic (exact) mass is 374 g/mol. The van der Waals surface area contributed by atoms with Crippen LogP contribution in [0.25, 0.3) is 0 Å². The van der Waals surface area contributed by atoms with E-state index in [1.807, 2.05) is 0 Å². The van der Waals surface area contributed by atoms with Crippen molar-refractivity contribution in [2.45, 2.75) is 37.3 Å². The molecule has 2 saturated heterocycles. The SMILES string of the molecule is O=C1NC2(CCCC2)C(=O)N1C[C@H](O)CN1CCN(c2ncccn2)CC1. The van der Waals surface area contributed by atoms with Crippen LogP contribution in [0.4, 0.5) is 10.7 Å². The molecule has 0 radical (unpaired) electrons. The molecule has 27 heavy (non-hydrogen) atoms. The van der Waals surface area contributed by atoms with Crippen LogP contribution in [0.2, 0.25) is 0 Å². The molecule has 3 amide bonds. The molecule has 0 bridgehead atoms. The van der Waals surface area contributed by atoms with Gasteiger partial charge in [-0.1, -0.05) is 12.8 Å². The van der Waals surface area contributed by atoms with Gasteiger partial charge < -0.3 is 15.3 Å². The Morgan fingerprint density at radius 2 is 1.74 bits per heavy atom. The standard InChI is InChI=1S/C18H26N6O3/c25-14(13-24-15(26)18(21-17(24)27)4-1-2-5-18)12-22-8-10-23(11-9-22)16-19-6-3-7-20-16/h3,6-7,14,25H,1-2,4-5,8-13H2,(H,21,27)/t14-/m1/s1. The van der Waals surface area contributed by atoms with Crippen molar-refractivity contribution in [1.82, 2.24) is 25.1 Å². The molecule has 1 saturated carbocycles. The first kappa shape index (κ1) is 18.1. The van der Waals surface area contributed by atoms with Gasteiger partial charge in [-0.15, -0.1) is 0 Å². The molecule has 1 atom stereocenters. The quantitative estimate of drug-likeness (QED) is 0.690. The molecule has 3 aliphatic rings. The van der Waals surface area contributed by atoms with Crippen molar-refractivity contribution in [3.8, 4) is 0 Å². The van der Waals surface area contributed by atoms with Crippen molar-refractivity contribution in [3.05, 3.63) is 18.5 Å². The maximum absolute atomic E-state index is 12.7. The molecule has 2 aliphatic heterocycles. The van der Waals surface area contributed by atoms with E-state index >= 15 is 0 Å². The number of rotatable bonds is 5. The number of nitrogens with one attached hydrogen (secondary N) is 1. The number of aliphatic hydroxyl groups excluding tert-OH is 1. The number of carbonyl (C=O) groups excluding carboxylic acids is 2. The molecule has 9 nitrogen and oxygen atoms in total. The van der Waals surface area contributed by atoms with E-state index in [1.54, 1.807) is 18.5 Å². The van der Waals surface area contributed by atoms with Crippen LogP contribution in [-0.2, 0) is 4.79 Å².